The first-order valence-electron chi connectivity index (χ1n) is 4.33. The highest BCUT2D eigenvalue weighted by Gasteiger charge is 2.17. The number of aliphatic hydroxyl groups excluding tert-OH is 1. The number of aliphatic hydroxyl groups is 1. The van der Waals surface area contributed by atoms with E-state index in [1.165, 1.54) is 0 Å². The van der Waals surface area contributed by atoms with E-state index in [9.17, 15) is 8.42 Å². The van der Waals surface area contributed by atoms with Crippen LogP contribution in [-0.2, 0) is 10.1 Å². The standard InChI is InChI=1S/C8H18O4S/c1-8(2,5-6-9)4-3-7-13(10,11)12/h9H,3-7H2,1-2H3,(H,10,11,12). The Kier molecular flexibility index (Phi) is 4.88. The topological polar surface area (TPSA) is 74.6 Å². The molecule has 0 unspecified atom stereocenters. The average molecular weight is 210 g/mol. The van der Waals surface area contributed by atoms with Gasteiger partial charge in [0.15, 0.2) is 0 Å². The summed E-state index contributed by atoms with van der Waals surface area (Å²) in [5.41, 5.74) is -0.0561. The number of hydrogen-bond acceptors (Lipinski definition) is 3. The van der Waals surface area contributed by atoms with Gasteiger partial charge in [-0.15, -0.1) is 0 Å². The lowest BCUT2D eigenvalue weighted by molar-refractivity contribution is 0.201. The molecule has 13 heavy (non-hydrogen) atoms. The summed E-state index contributed by atoms with van der Waals surface area (Å²) in [6, 6.07) is 0. The van der Waals surface area contributed by atoms with Crippen LogP contribution in [-0.4, -0.2) is 30.4 Å². The predicted octanol–water partition coefficient (Wildman–Crippen LogP) is 1.06. The van der Waals surface area contributed by atoms with E-state index in [0.29, 0.717) is 19.3 Å². The minimum absolute atomic E-state index is 0.0561. The van der Waals surface area contributed by atoms with E-state index >= 15 is 0 Å². The second-order valence-corrected chi connectivity index (χ2v) is 5.60. The van der Waals surface area contributed by atoms with Crippen LogP contribution < -0.4 is 0 Å². The zero-order chi connectivity index (χ0) is 10.5. The first-order chi connectivity index (χ1) is 5.77. The summed E-state index contributed by atoms with van der Waals surface area (Å²) in [5.74, 6) is -0.193. The molecule has 0 saturated carbocycles. The maximum atomic E-state index is 10.4. The van der Waals surface area contributed by atoms with Crippen molar-refractivity contribution in [2.24, 2.45) is 5.41 Å². The lowest BCUT2D eigenvalue weighted by Crippen LogP contribution is -2.15. The molecule has 4 nitrogen and oxygen atoms in total. The smallest absolute Gasteiger partial charge is 0.264 e. The summed E-state index contributed by atoms with van der Waals surface area (Å²) in [4.78, 5) is 0. The van der Waals surface area contributed by atoms with Gasteiger partial charge < -0.3 is 5.11 Å². The predicted molar refractivity (Wildman–Crippen MR) is 51.1 cm³/mol. The van der Waals surface area contributed by atoms with Gasteiger partial charge in [-0.05, 0) is 24.7 Å². The molecule has 0 saturated heterocycles. The van der Waals surface area contributed by atoms with Crippen LogP contribution in [0.4, 0.5) is 0 Å². The van der Waals surface area contributed by atoms with E-state index < -0.39 is 10.1 Å². The highest BCUT2D eigenvalue weighted by Crippen LogP contribution is 2.26. The molecular weight excluding hydrogens is 192 g/mol. The van der Waals surface area contributed by atoms with E-state index in [-0.39, 0.29) is 17.8 Å². The van der Waals surface area contributed by atoms with Gasteiger partial charge in [0.1, 0.15) is 0 Å². The molecule has 0 fully saturated rings. The molecule has 0 spiro atoms. The van der Waals surface area contributed by atoms with Gasteiger partial charge in [-0.3, -0.25) is 4.55 Å². The Morgan fingerprint density at radius 2 is 1.77 bits per heavy atom. The van der Waals surface area contributed by atoms with Gasteiger partial charge in [-0.25, -0.2) is 0 Å². The normalized spacial score (nSPS) is 13.2. The summed E-state index contributed by atoms with van der Waals surface area (Å²) < 4.78 is 29.2. The Hall–Kier alpha value is -0.130. The highest BCUT2D eigenvalue weighted by atomic mass is 32.2. The summed E-state index contributed by atoms with van der Waals surface area (Å²) in [5, 5.41) is 8.69. The summed E-state index contributed by atoms with van der Waals surface area (Å²) >= 11 is 0. The van der Waals surface area contributed by atoms with Crippen LogP contribution in [0, 0.1) is 5.41 Å². The van der Waals surface area contributed by atoms with Crippen molar-refractivity contribution in [1.29, 1.82) is 0 Å². The molecule has 0 aliphatic carbocycles. The maximum Gasteiger partial charge on any atom is 0.264 e. The van der Waals surface area contributed by atoms with Crippen LogP contribution in [0.1, 0.15) is 33.1 Å². The van der Waals surface area contributed by atoms with Gasteiger partial charge >= 0.3 is 0 Å². The molecule has 0 bridgehead atoms. The Morgan fingerprint density at radius 3 is 2.15 bits per heavy atom. The lowest BCUT2D eigenvalue weighted by atomic mass is 9.85. The molecule has 2 N–H and O–H groups in total. The van der Waals surface area contributed by atoms with Crippen molar-refractivity contribution in [3.05, 3.63) is 0 Å². The highest BCUT2D eigenvalue weighted by molar-refractivity contribution is 7.85. The van der Waals surface area contributed by atoms with Crippen LogP contribution >= 0.6 is 0 Å². The van der Waals surface area contributed by atoms with Crippen LogP contribution in [0.2, 0.25) is 0 Å². The third-order valence-corrected chi connectivity index (χ3v) is 2.85. The molecular formula is C8H18O4S. The fourth-order valence-corrected chi connectivity index (χ4v) is 1.67. The largest absolute Gasteiger partial charge is 0.396 e. The van der Waals surface area contributed by atoms with Gasteiger partial charge in [0, 0.05) is 6.61 Å². The van der Waals surface area contributed by atoms with Gasteiger partial charge in [-0.2, -0.15) is 8.42 Å². The van der Waals surface area contributed by atoms with Crippen LogP contribution in [0.3, 0.4) is 0 Å². The van der Waals surface area contributed by atoms with E-state index in [0.717, 1.165) is 0 Å². The van der Waals surface area contributed by atoms with E-state index in [4.69, 9.17) is 9.66 Å². The summed E-state index contributed by atoms with van der Waals surface area (Å²) in [6.07, 6.45) is 1.78. The first-order valence-corrected chi connectivity index (χ1v) is 5.94. The minimum atomic E-state index is -3.82. The van der Waals surface area contributed by atoms with E-state index in [2.05, 4.69) is 0 Å². The second-order valence-electron chi connectivity index (χ2n) is 4.03. The molecule has 0 radical (unpaired) electrons. The van der Waals surface area contributed by atoms with Crippen molar-refractivity contribution in [2.45, 2.75) is 33.1 Å². The third-order valence-electron chi connectivity index (χ3n) is 2.04. The Balaban J connectivity index is 3.76. The molecule has 0 heterocycles. The van der Waals surface area contributed by atoms with E-state index in [1.54, 1.807) is 0 Å². The van der Waals surface area contributed by atoms with Crippen molar-refractivity contribution in [3.63, 3.8) is 0 Å². The van der Waals surface area contributed by atoms with Crippen LogP contribution in [0.25, 0.3) is 0 Å². The average Bonchev–Trinajstić information content (AvgIpc) is 1.82. The first kappa shape index (κ1) is 12.9. The molecule has 0 aromatic carbocycles. The molecule has 0 aromatic rings. The Labute approximate surface area is 79.7 Å². The molecule has 0 amide bonds. The number of rotatable bonds is 6. The summed E-state index contributed by atoms with van der Waals surface area (Å²) in [6.45, 7) is 4.04. The zero-order valence-corrected chi connectivity index (χ0v) is 8.97. The molecule has 0 aliphatic heterocycles. The zero-order valence-electron chi connectivity index (χ0n) is 8.15. The van der Waals surface area contributed by atoms with Gasteiger partial charge in [-0.1, -0.05) is 13.8 Å². The Bertz CT molecular complexity index is 231. The number of hydrogen-bond donors (Lipinski definition) is 2. The SMILES string of the molecule is CC(C)(CCO)CCCS(=O)(=O)O. The maximum absolute atomic E-state index is 10.4. The second kappa shape index (κ2) is 4.93. The van der Waals surface area contributed by atoms with Crippen LogP contribution in [0.15, 0.2) is 0 Å². The van der Waals surface area contributed by atoms with Gasteiger partial charge in [0.05, 0.1) is 5.75 Å². The van der Waals surface area contributed by atoms with Crippen LogP contribution in [0.5, 0.6) is 0 Å². The van der Waals surface area contributed by atoms with E-state index in [1.807, 2.05) is 13.8 Å². The summed E-state index contributed by atoms with van der Waals surface area (Å²) in [7, 11) is -3.82. The molecule has 80 valence electrons. The molecule has 0 aliphatic rings. The fourth-order valence-electron chi connectivity index (χ4n) is 1.16. The quantitative estimate of drug-likeness (QED) is 0.643. The molecule has 0 atom stereocenters. The fraction of sp³-hybridized carbons (Fsp3) is 1.00. The van der Waals surface area contributed by atoms with Crippen molar-refractivity contribution in [1.82, 2.24) is 0 Å². The monoisotopic (exact) mass is 210 g/mol. The lowest BCUT2D eigenvalue weighted by Gasteiger charge is -2.22. The third kappa shape index (κ3) is 8.21. The molecule has 0 aromatic heterocycles. The minimum Gasteiger partial charge on any atom is -0.396 e. The van der Waals surface area contributed by atoms with Crippen molar-refractivity contribution < 1.29 is 18.1 Å². The van der Waals surface area contributed by atoms with Gasteiger partial charge in [0.25, 0.3) is 10.1 Å². The molecule has 5 heteroatoms. The van der Waals surface area contributed by atoms with Gasteiger partial charge in [0.2, 0.25) is 0 Å². The van der Waals surface area contributed by atoms with Crippen molar-refractivity contribution in [2.75, 3.05) is 12.4 Å². The van der Waals surface area contributed by atoms with Crippen molar-refractivity contribution >= 4 is 10.1 Å². The Morgan fingerprint density at radius 1 is 1.23 bits per heavy atom. The molecule has 0 rings (SSSR count). The van der Waals surface area contributed by atoms with Crippen molar-refractivity contribution in [3.8, 4) is 0 Å².